The molecule has 19 heavy (non-hydrogen) atoms. The number of methoxy groups -OCH3 is 1. The third kappa shape index (κ3) is 2.99. The van der Waals surface area contributed by atoms with Crippen LogP contribution in [0.15, 0.2) is 36.4 Å². The molecule has 2 aromatic rings. The van der Waals surface area contributed by atoms with Gasteiger partial charge in [0.15, 0.2) is 0 Å². The summed E-state index contributed by atoms with van der Waals surface area (Å²) < 4.78 is 5.38. The second kappa shape index (κ2) is 5.93. The van der Waals surface area contributed by atoms with Crippen LogP contribution in [0.5, 0.6) is 5.75 Å². The summed E-state index contributed by atoms with van der Waals surface area (Å²) in [5, 5.41) is 0. The minimum atomic E-state index is 0.482. The maximum atomic E-state index is 5.91. The highest BCUT2D eigenvalue weighted by molar-refractivity contribution is 6.17. The van der Waals surface area contributed by atoms with Gasteiger partial charge in [0.2, 0.25) is 0 Å². The minimum Gasteiger partial charge on any atom is -0.495 e. The fourth-order valence-corrected chi connectivity index (χ4v) is 2.15. The molecule has 0 amide bonds. The van der Waals surface area contributed by atoms with Gasteiger partial charge in [-0.3, -0.25) is 0 Å². The smallest absolute Gasteiger partial charge is 0.142 e. The van der Waals surface area contributed by atoms with Gasteiger partial charge in [-0.15, -0.1) is 11.6 Å². The zero-order valence-electron chi connectivity index (χ0n) is 11.4. The van der Waals surface area contributed by atoms with E-state index in [1.807, 2.05) is 55.3 Å². The topological polar surface area (TPSA) is 25.4 Å². The molecular formula is C15H17ClN2O. The largest absolute Gasteiger partial charge is 0.495 e. The van der Waals surface area contributed by atoms with Crippen LogP contribution in [0, 0.1) is 6.92 Å². The Kier molecular flexibility index (Phi) is 4.27. The zero-order valence-corrected chi connectivity index (χ0v) is 12.1. The predicted molar refractivity (Wildman–Crippen MR) is 79.6 cm³/mol. The van der Waals surface area contributed by atoms with E-state index in [2.05, 4.69) is 4.98 Å². The average molecular weight is 277 g/mol. The average Bonchev–Trinajstić information content (AvgIpc) is 2.45. The first-order chi connectivity index (χ1) is 9.15. The van der Waals surface area contributed by atoms with Crippen molar-refractivity contribution in [2.24, 2.45) is 0 Å². The molecule has 3 nitrogen and oxygen atoms in total. The number of nitrogens with zero attached hydrogens (tertiary/aromatic N) is 2. The summed E-state index contributed by atoms with van der Waals surface area (Å²) in [5.41, 5.74) is 2.99. The molecule has 0 unspecified atom stereocenters. The molecule has 0 radical (unpaired) electrons. The molecule has 1 aromatic heterocycles. The van der Waals surface area contributed by atoms with Crippen molar-refractivity contribution in [2.45, 2.75) is 12.8 Å². The molecule has 0 aliphatic heterocycles. The van der Waals surface area contributed by atoms with Gasteiger partial charge in [-0.2, -0.15) is 0 Å². The first-order valence-electron chi connectivity index (χ1n) is 6.06. The van der Waals surface area contributed by atoms with Gasteiger partial charge < -0.3 is 9.64 Å². The van der Waals surface area contributed by atoms with Gasteiger partial charge in [0.1, 0.15) is 11.6 Å². The van der Waals surface area contributed by atoms with Crippen LogP contribution < -0.4 is 9.64 Å². The van der Waals surface area contributed by atoms with E-state index in [1.54, 1.807) is 7.11 Å². The Morgan fingerprint density at radius 2 is 2.00 bits per heavy atom. The number of aryl methyl sites for hydroxylation is 1. The lowest BCUT2D eigenvalue weighted by Crippen LogP contribution is -2.13. The predicted octanol–water partition coefficient (Wildman–Crippen LogP) is 3.91. The number of aromatic nitrogens is 1. The Bertz CT molecular complexity index is 572. The molecule has 1 heterocycles. The quantitative estimate of drug-likeness (QED) is 0.792. The fourth-order valence-electron chi connectivity index (χ4n) is 2.00. The highest BCUT2D eigenvalue weighted by Crippen LogP contribution is 2.31. The van der Waals surface area contributed by atoms with E-state index in [0.29, 0.717) is 5.88 Å². The molecule has 0 N–H and O–H groups in total. The van der Waals surface area contributed by atoms with Crippen molar-refractivity contribution in [2.75, 3.05) is 19.1 Å². The molecule has 0 atom stereocenters. The standard InChI is InChI=1S/C15H17ClN2O/c1-11-8-12(10-16)9-15(17-11)18(2)13-6-4-5-7-14(13)19-3/h4-9H,10H2,1-3H3. The van der Waals surface area contributed by atoms with Crippen LogP contribution in [-0.4, -0.2) is 19.1 Å². The summed E-state index contributed by atoms with van der Waals surface area (Å²) in [6.45, 7) is 1.97. The molecule has 100 valence electrons. The number of hydrogen-bond acceptors (Lipinski definition) is 3. The molecule has 4 heteroatoms. The highest BCUT2D eigenvalue weighted by atomic mass is 35.5. The van der Waals surface area contributed by atoms with Crippen molar-refractivity contribution in [3.63, 3.8) is 0 Å². The molecule has 1 aromatic carbocycles. The molecule has 2 rings (SSSR count). The monoisotopic (exact) mass is 276 g/mol. The van der Waals surface area contributed by atoms with E-state index in [-0.39, 0.29) is 0 Å². The maximum absolute atomic E-state index is 5.91. The number of para-hydroxylation sites is 2. The van der Waals surface area contributed by atoms with Crippen molar-refractivity contribution in [1.29, 1.82) is 0 Å². The number of ether oxygens (including phenoxy) is 1. The number of halogens is 1. The van der Waals surface area contributed by atoms with Gasteiger partial charge in [0.05, 0.1) is 12.8 Å². The Balaban J connectivity index is 2.43. The summed E-state index contributed by atoms with van der Waals surface area (Å²) in [5.74, 6) is 2.16. The van der Waals surface area contributed by atoms with Gasteiger partial charge in [-0.05, 0) is 36.8 Å². The summed E-state index contributed by atoms with van der Waals surface area (Å²) >= 11 is 5.91. The number of benzene rings is 1. The Hall–Kier alpha value is -1.74. The van der Waals surface area contributed by atoms with E-state index in [1.165, 1.54) is 0 Å². The van der Waals surface area contributed by atoms with E-state index < -0.39 is 0 Å². The summed E-state index contributed by atoms with van der Waals surface area (Å²) in [6.07, 6.45) is 0. The summed E-state index contributed by atoms with van der Waals surface area (Å²) in [6, 6.07) is 11.9. The minimum absolute atomic E-state index is 0.482. The first-order valence-corrected chi connectivity index (χ1v) is 6.59. The molecule has 0 bridgehead atoms. The number of anilines is 2. The first kappa shape index (κ1) is 13.7. The zero-order chi connectivity index (χ0) is 13.8. The third-order valence-corrected chi connectivity index (χ3v) is 3.25. The number of alkyl halides is 1. The van der Waals surface area contributed by atoms with Gasteiger partial charge in [-0.1, -0.05) is 12.1 Å². The van der Waals surface area contributed by atoms with E-state index in [0.717, 1.165) is 28.5 Å². The van der Waals surface area contributed by atoms with Crippen LogP contribution in [0.1, 0.15) is 11.3 Å². The SMILES string of the molecule is COc1ccccc1N(C)c1cc(CCl)cc(C)n1. The van der Waals surface area contributed by atoms with Crippen LogP contribution in [0.2, 0.25) is 0 Å². The van der Waals surface area contributed by atoms with E-state index in [9.17, 15) is 0 Å². The van der Waals surface area contributed by atoms with E-state index >= 15 is 0 Å². The number of hydrogen-bond donors (Lipinski definition) is 0. The van der Waals surface area contributed by atoms with Gasteiger partial charge in [0.25, 0.3) is 0 Å². The van der Waals surface area contributed by atoms with E-state index in [4.69, 9.17) is 16.3 Å². The van der Waals surface area contributed by atoms with Crippen LogP contribution >= 0.6 is 11.6 Å². The third-order valence-electron chi connectivity index (χ3n) is 2.94. The van der Waals surface area contributed by atoms with Crippen LogP contribution in [0.25, 0.3) is 0 Å². The van der Waals surface area contributed by atoms with Crippen molar-refractivity contribution in [3.05, 3.63) is 47.7 Å². The molecule has 0 aliphatic carbocycles. The fraction of sp³-hybridized carbons (Fsp3) is 0.267. The lowest BCUT2D eigenvalue weighted by Gasteiger charge is -2.21. The Labute approximate surface area is 118 Å². The highest BCUT2D eigenvalue weighted by Gasteiger charge is 2.11. The Morgan fingerprint density at radius 3 is 2.68 bits per heavy atom. The number of rotatable bonds is 4. The number of pyridine rings is 1. The normalized spacial score (nSPS) is 10.3. The van der Waals surface area contributed by atoms with Crippen molar-refractivity contribution in [3.8, 4) is 5.75 Å². The second-order valence-corrected chi connectivity index (χ2v) is 4.61. The lowest BCUT2D eigenvalue weighted by atomic mass is 10.2. The maximum Gasteiger partial charge on any atom is 0.142 e. The van der Waals surface area contributed by atoms with Gasteiger partial charge >= 0.3 is 0 Å². The second-order valence-electron chi connectivity index (χ2n) is 4.34. The molecule has 0 aliphatic rings. The van der Waals surface area contributed by atoms with Gasteiger partial charge in [0, 0.05) is 18.6 Å². The van der Waals surface area contributed by atoms with Crippen molar-refractivity contribution >= 4 is 23.1 Å². The molecule has 0 fully saturated rings. The molecule has 0 saturated heterocycles. The van der Waals surface area contributed by atoms with Crippen molar-refractivity contribution < 1.29 is 4.74 Å². The van der Waals surface area contributed by atoms with Crippen molar-refractivity contribution in [1.82, 2.24) is 4.98 Å². The van der Waals surface area contributed by atoms with Gasteiger partial charge in [-0.25, -0.2) is 4.98 Å². The summed E-state index contributed by atoms with van der Waals surface area (Å²) in [4.78, 5) is 6.55. The Morgan fingerprint density at radius 1 is 1.26 bits per heavy atom. The van der Waals surface area contributed by atoms with Crippen LogP contribution in [0.3, 0.4) is 0 Å². The summed E-state index contributed by atoms with van der Waals surface area (Å²) in [7, 11) is 3.64. The molecule has 0 saturated carbocycles. The molecular weight excluding hydrogens is 260 g/mol. The molecule has 0 spiro atoms. The van der Waals surface area contributed by atoms with Crippen LogP contribution in [-0.2, 0) is 5.88 Å². The van der Waals surface area contributed by atoms with Crippen LogP contribution in [0.4, 0.5) is 11.5 Å². The lowest BCUT2D eigenvalue weighted by molar-refractivity contribution is 0.415.